The minimum Gasteiger partial charge on any atom is -0.324 e. The van der Waals surface area contributed by atoms with E-state index in [2.05, 4.69) is 31.2 Å². The summed E-state index contributed by atoms with van der Waals surface area (Å²) >= 11 is 2.91. The van der Waals surface area contributed by atoms with Crippen LogP contribution in [-0.4, -0.2) is 14.5 Å². The van der Waals surface area contributed by atoms with E-state index < -0.39 is 11.7 Å². The topological polar surface area (TPSA) is 59.8 Å². The summed E-state index contributed by atoms with van der Waals surface area (Å²) < 4.78 is 40.8. The molecule has 0 aliphatic heterocycles. The van der Waals surface area contributed by atoms with Gasteiger partial charge in [0.05, 0.1) is 5.56 Å². The lowest BCUT2D eigenvalue weighted by atomic mass is 10.2. The Morgan fingerprint density at radius 1 is 1.22 bits per heavy atom. The summed E-state index contributed by atoms with van der Waals surface area (Å²) in [6.07, 6.45) is -0.765. The van der Waals surface area contributed by atoms with Crippen molar-refractivity contribution in [2.45, 2.75) is 25.6 Å². The third kappa shape index (κ3) is 3.83. The summed E-state index contributed by atoms with van der Waals surface area (Å²) in [5.74, 6) is 0.605. The van der Waals surface area contributed by atoms with Crippen molar-refractivity contribution in [3.63, 3.8) is 0 Å². The highest BCUT2D eigenvalue weighted by Gasteiger charge is 2.33. The first-order chi connectivity index (χ1) is 12.8. The van der Waals surface area contributed by atoms with Crippen LogP contribution in [-0.2, 0) is 12.7 Å². The van der Waals surface area contributed by atoms with Gasteiger partial charge < -0.3 is 5.32 Å². The van der Waals surface area contributed by atoms with Crippen LogP contribution in [0.2, 0.25) is 0 Å². The van der Waals surface area contributed by atoms with Gasteiger partial charge in [-0.1, -0.05) is 15.9 Å². The SMILES string of the molecule is O=c1ccc2cnc(Nc3ccc(Br)c(C(F)(F)F)c3)nc2n1CC1CC1. The highest BCUT2D eigenvalue weighted by Crippen LogP contribution is 2.36. The molecular weight excluding hydrogens is 425 g/mol. The third-order valence-electron chi connectivity index (χ3n) is 4.39. The molecule has 0 atom stereocenters. The molecule has 1 fully saturated rings. The minimum absolute atomic E-state index is 0.0433. The Balaban J connectivity index is 1.71. The number of halogens is 4. The molecule has 0 unspecified atom stereocenters. The van der Waals surface area contributed by atoms with E-state index in [4.69, 9.17) is 0 Å². The molecular formula is C18H14BrF3N4O. The standard InChI is InChI=1S/C18H14BrF3N4O/c19-14-5-4-12(7-13(14)18(20,21)22)24-17-23-8-11-3-6-15(27)26(16(11)25-17)9-10-1-2-10/h3-8,10H,1-2,9H2,(H,23,24,25). The van der Waals surface area contributed by atoms with Crippen LogP contribution in [0.1, 0.15) is 18.4 Å². The summed E-state index contributed by atoms with van der Waals surface area (Å²) in [5.41, 5.74) is -0.266. The van der Waals surface area contributed by atoms with Crippen LogP contribution in [0.5, 0.6) is 0 Å². The van der Waals surface area contributed by atoms with Gasteiger partial charge in [-0.2, -0.15) is 18.2 Å². The van der Waals surface area contributed by atoms with Crippen molar-refractivity contribution in [3.05, 3.63) is 56.9 Å². The van der Waals surface area contributed by atoms with E-state index in [0.29, 0.717) is 23.5 Å². The molecule has 4 rings (SSSR count). The first kappa shape index (κ1) is 18.0. The van der Waals surface area contributed by atoms with Gasteiger partial charge in [0.1, 0.15) is 5.65 Å². The summed E-state index contributed by atoms with van der Waals surface area (Å²) in [6.45, 7) is 0.586. The molecule has 0 bridgehead atoms. The number of fused-ring (bicyclic) bond motifs is 1. The van der Waals surface area contributed by atoms with Crippen LogP contribution < -0.4 is 10.9 Å². The minimum atomic E-state index is -4.48. The smallest absolute Gasteiger partial charge is 0.324 e. The third-order valence-corrected chi connectivity index (χ3v) is 5.08. The quantitative estimate of drug-likeness (QED) is 0.639. The molecule has 0 radical (unpaired) electrons. The first-order valence-electron chi connectivity index (χ1n) is 8.31. The van der Waals surface area contributed by atoms with E-state index >= 15 is 0 Å². The first-order valence-corrected chi connectivity index (χ1v) is 9.11. The van der Waals surface area contributed by atoms with Crippen molar-refractivity contribution in [1.82, 2.24) is 14.5 Å². The normalized spacial score (nSPS) is 14.5. The number of rotatable bonds is 4. The molecule has 1 aliphatic carbocycles. The second-order valence-corrected chi connectivity index (χ2v) is 7.37. The lowest BCUT2D eigenvalue weighted by molar-refractivity contribution is -0.138. The van der Waals surface area contributed by atoms with Gasteiger partial charge in [0, 0.05) is 34.4 Å². The number of nitrogens with one attached hydrogen (secondary N) is 1. The summed E-state index contributed by atoms with van der Waals surface area (Å²) in [4.78, 5) is 20.7. The van der Waals surface area contributed by atoms with Gasteiger partial charge in [0.25, 0.3) is 5.56 Å². The molecule has 3 aromatic rings. The average Bonchev–Trinajstić information content (AvgIpc) is 3.42. The predicted octanol–water partition coefficient (Wildman–Crippen LogP) is 4.73. The zero-order valence-electron chi connectivity index (χ0n) is 13.9. The predicted molar refractivity (Wildman–Crippen MR) is 98.9 cm³/mol. The Labute approximate surface area is 160 Å². The number of hydrogen-bond acceptors (Lipinski definition) is 4. The van der Waals surface area contributed by atoms with Gasteiger partial charge in [0.2, 0.25) is 5.95 Å². The Hall–Kier alpha value is -2.42. The fraction of sp³-hybridized carbons (Fsp3) is 0.278. The Morgan fingerprint density at radius 2 is 2.00 bits per heavy atom. The number of aromatic nitrogens is 3. The molecule has 2 heterocycles. The molecule has 1 aliphatic rings. The largest absolute Gasteiger partial charge is 0.417 e. The summed E-state index contributed by atoms with van der Waals surface area (Å²) in [6, 6.07) is 6.92. The molecule has 1 saturated carbocycles. The van der Waals surface area contributed by atoms with E-state index in [9.17, 15) is 18.0 Å². The van der Waals surface area contributed by atoms with E-state index in [1.165, 1.54) is 18.2 Å². The molecule has 0 spiro atoms. The Bertz CT molecular complexity index is 1080. The second-order valence-electron chi connectivity index (χ2n) is 6.52. The zero-order chi connectivity index (χ0) is 19.2. The molecule has 0 saturated heterocycles. The molecule has 9 heteroatoms. The van der Waals surface area contributed by atoms with Gasteiger partial charge in [-0.3, -0.25) is 9.36 Å². The second kappa shape index (κ2) is 6.63. The van der Waals surface area contributed by atoms with Crippen molar-refractivity contribution in [1.29, 1.82) is 0 Å². The number of alkyl halides is 3. The van der Waals surface area contributed by atoms with E-state index in [0.717, 1.165) is 18.9 Å². The number of anilines is 2. The van der Waals surface area contributed by atoms with Crippen molar-refractivity contribution >= 4 is 38.6 Å². The molecule has 5 nitrogen and oxygen atoms in total. The van der Waals surface area contributed by atoms with Crippen molar-refractivity contribution < 1.29 is 13.2 Å². The highest BCUT2D eigenvalue weighted by molar-refractivity contribution is 9.10. The average molecular weight is 439 g/mol. The number of hydrogen-bond donors (Lipinski definition) is 1. The van der Waals surface area contributed by atoms with Crippen LogP contribution in [0.4, 0.5) is 24.8 Å². The lowest BCUT2D eigenvalue weighted by Crippen LogP contribution is -2.21. The van der Waals surface area contributed by atoms with Crippen LogP contribution >= 0.6 is 15.9 Å². The number of nitrogens with zero attached hydrogens (tertiary/aromatic N) is 3. The van der Waals surface area contributed by atoms with Crippen molar-refractivity contribution in [2.24, 2.45) is 5.92 Å². The van der Waals surface area contributed by atoms with Gasteiger partial charge in [-0.25, -0.2) is 4.98 Å². The van der Waals surface area contributed by atoms with Crippen LogP contribution in [0.3, 0.4) is 0 Å². The number of benzene rings is 1. The van der Waals surface area contributed by atoms with E-state index in [1.54, 1.807) is 16.8 Å². The molecule has 140 valence electrons. The maximum atomic E-state index is 13.1. The monoisotopic (exact) mass is 438 g/mol. The molecule has 2 aromatic heterocycles. The fourth-order valence-electron chi connectivity index (χ4n) is 2.82. The Morgan fingerprint density at radius 3 is 2.70 bits per heavy atom. The molecule has 1 N–H and O–H groups in total. The lowest BCUT2D eigenvalue weighted by Gasteiger charge is -2.13. The van der Waals surface area contributed by atoms with E-state index in [-0.39, 0.29) is 21.7 Å². The molecule has 27 heavy (non-hydrogen) atoms. The van der Waals surface area contributed by atoms with Gasteiger partial charge in [-0.05, 0) is 43.0 Å². The Kier molecular flexibility index (Phi) is 4.41. The number of pyridine rings is 1. The van der Waals surface area contributed by atoms with Crippen LogP contribution in [0, 0.1) is 5.92 Å². The van der Waals surface area contributed by atoms with Crippen LogP contribution in [0.25, 0.3) is 11.0 Å². The van der Waals surface area contributed by atoms with E-state index in [1.807, 2.05) is 0 Å². The van der Waals surface area contributed by atoms with Crippen molar-refractivity contribution in [2.75, 3.05) is 5.32 Å². The molecule has 0 amide bonds. The van der Waals surface area contributed by atoms with Crippen LogP contribution in [0.15, 0.2) is 45.8 Å². The summed E-state index contributed by atoms with van der Waals surface area (Å²) in [7, 11) is 0. The highest BCUT2D eigenvalue weighted by atomic mass is 79.9. The van der Waals surface area contributed by atoms with Gasteiger partial charge >= 0.3 is 6.18 Å². The summed E-state index contributed by atoms with van der Waals surface area (Å²) in [5, 5.41) is 3.49. The fourth-order valence-corrected chi connectivity index (χ4v) is 3.29. The van der Waals surface area contributed by atoms with Crippen molar-refractivity contribution in [3.8, 4) is 0 Å². The van der Waals surface area contributed by atoms with Gasteiger partial charge in [-0.15, -0.1) is 0 Å². The maximum absolute atomic E-state index is 13.1. The zero-order valence-corrected chi connectivity index (χ0v) is 15.5. The molecule has 1 aromatic carbocycles. The maximum Gasteiger partial charge on any atom is 0.417 e. The van der Waals surface area contributed by atoms with Gasteiger partial charge in [0.15, 0.2) is 0 Å².